The lowest BCUT2D eigenvalue weighted by Gasteiger charge is -2.14. The van der Waals surface area contributed by atoms with Crippen LogP contribution in [0, 0.1) is 0 Å². The minimum atomic E-state index is -5.20. The van der Waals surface area contributed by atoms with Crippen LogP contribution in [0.5, 0.6) is 0 Å². The smallest absolute Gasteiger partial charge is 0.459 e. The van der Waals surface area contributed by atoms with Gasteiger partial charge >= 0.3 is 13.9 Å². The van der Waals surface area contributed by atoms with E-state index >= 15 is 0 Å². The molecule has 2 unspecified atom stereocenters. The molecule has 8 heteroatoms. The van der Waals surface area contributed by atoms with Crippen LogP contribution in [0.25, 0.3) is 0 Å². The van der Waals surface area contributed by atoms with Crippen molar-refractivity contribution < 1.29 is 32.8 Å². The van der Waals surface area contributed by atoms with Gasteiger partial charge < -0.3 is 9.84 Å². The molecule has 2 N–H and O–H groups in total. The van der Waals surface area contributed by atoms with Gasteiger partial charge in [0.05, 0.1) is 6.61 Å². The van der Waals surface area contributed by atoms with Crippen molar-refractivity contribution in [2.75, 3.05) is 13.2 Å². The Balaban J connectivity index is 4.07. The molecule has 0 radical (unpaired) electrons. The second-order valence-electron chi connectivity index (χ2n) is 2.74. The minimum Gasteiger partial charge on any atom is -0.459 e. The molecule has 0 aromatic carbocycles. The number of hydrogen-bond acceptors (Lipinski definition) is 5. The Labute approximate surface area is 86.0 Å². The molecule has 0 fully saturated rings. The summed E-state index contributed by atoms with van der Waals surface area (Å²) in [5.74, 6) is -0.760. The first-order chi connectivity index (χ1) is 6.76. The third-order valence-electron chi connectivity index (χ3n) is 1.23. The highest BCUT2D eigenvalue weighted by Crippen LogP contribution is 2.44. The monoisotopic (exact) mass is 242 g/mol. The first kappa shape index (κ1) is 14.2. The molecule has 2 atom stereocenters. The molecular formula is C7H12FO6P. The summed E-state index contributed by atoms with van der Waals surface area (Å²) in [6.07, 6.45) is -1.38. The zero-order valence-electron chi connectivity index (χ0n) is 8.05. The third kappa shape index (κ3) is 7.21. The van der Waals surface area contributed by atoms with Gasteiger partial charge in [-0.05, 0) is 6.92 Å². The highest BCUT2D eigenvalue weighted by molar-refractivity contribution is 7.46. The summed E-state index contributed by atoms with van der Waals surface area (Å²) in [4.78, 5) is 19.0. The van der Waals surface area contributed by atoms with E-state index < -0.39 is 33.2 Å². The largest absolute Gasteiger partial charge is 0.510 e. The van der Waals surface area contributed by atoms with E-state index in [1.807, 2.05) is 0 Å². The number of ether oxygens (including phenoxy) is 1. The summed E-state index contributed by atoms with van der Waals surface area (Å²) in [6, 6.07) is 0. The Morgan fingerprint density at radius 1 is 1.67 bits per heavy atom. The van der Waals surface area contributed by atoms with E-state index in [4.69, 9.17) is 10.00 Å². The molecule has 6 nitrogen and oxygen atoms in total. The molecule has 0 aliphatic heterocycles. The first-order valence-corrected chi connectivity index (χ1v) is 5.37. The first-order valence-electron chi connectivity index (χ1n) is 3.90. The summed E-state index contributed by atoms with van der Waals surface area (Å²) >= 11 is 0. The second-order valence-corrected chi connectivity index (χ2v) is 3.85. The fourth-order valence-electron chi connectivity index (χ4n) is 0.592. The van der Waals surface area contributed by atoms with Gasteiger partial charge in [-0.3, -0.25) is 9.42 Å². The summed E-state index contributed by atoms with van der Waals surface area (Å²) in [5.41, 5.74) is 0.110. The van der Waals surface area contributed by atoms with Gasteiger partial charge in [-0.1, -0.05) is 6.58 Å². The molecule has 0 heterocycles. The molecule has 15 heavy (non-hydrogen) atoms. The van der Waals surface area contributed by atoms with E-state index in [9.17, 15) is 13.6 Å². The highest BCUT2D eigenvalue weighted by Gasteiger charge is 2.25. The van der Waals surface area contributed by atoms with Gasteiger partial charge in [0.2, 0.25) is 0 Å². The van der Waals surface area contributed by atoms with Crippen molar-refractivity contribution in [3.05, 3.63) is 12.2 Å². The van der Waals surface area contributed by atoms with Gasteiger partial charge in [-0.25, -0.2) is 9.36 Å². The average molecular weight is 242 g/mol. The fourth-order valence-corrected chi connectivity index (χ4v) is 1.09. The highest BCUT2D eigenvalue weighted by atomic mass is 31.2. The Bertz CT molecular complexity index is 285. The molecule has 0 saturated heterocycles. The summed E-state index contributed by atoms with van der Waals surface area (Å²) in [7, 11) is -5.20. The zero-order chi connectivity index (χ0) is 12.1. The molecule has 0 saturated carbocycles. The molecule has 0 aromatic rings. The molecule has 88 valence electrons. The number of hydrogen-bond donors (Lipinski definition) is 2. The van der Waals surface area contributed by atoms with Crippen LogP contribution in [0.2, 0.25) is 0 Å². The fraction of sp³-hybridized carbons (Fsp3) is 0.571. The molecule has 0 spiro atoms. The number of aliphatic hydroxyl groups excluding tert-OH is 1. The van der Waals surface area contributed by atoms with Gasteiger partial charge in [0.25, 0.3) is 0 Å². The number of carbonyl (C=O) groups is 1. The zero-order valence-corrected chi connectivity index (χ0v) is 8.95. The van der Waals surface area contributed by atoms with Gasteiger partial charge in [0.15, 0.2) is 0 Å². The van der Waals surface area contributed by atoms with Crippen LogP contribution >= 0.6 is 7.91 Å². The second kappa shape index (κ2) is 5.97. The van der Waals surface area contributed by atoms with Crippen molar-refractivity contribution >= 4 is 13.9 Å². The van der Waals surface area contributed by atoms with Crippen molar-refractivity contribution in [2.45, 2.75) is 13.0 Å². The van der Waals surface area contributed by atoms with Gasteiger partial charge in [0.1, 0.15) is 12.7 Å². The van der Waals surface area contributed by atoms with Crippen LogP contribution < -0.4 is 0 Å². The van der Waals surface area contributed by atoms with E-state index in [1.165, 1.54) is 6.92 Å². The molecule has 0 bridgehead atoms. The Kier molecular flexibility index (Phi) is 5.67. The standard InChI is InChI=1S/C7H12FO6P/c1-5(2)7(10)13-4-6(3-9)14-15(8,11)12/h6,9H,1,3-4H2,2H3,(H,11,12). The SMILES string of the molecule is C=C(C)C(=O)OCC(CO)OP(=O)(O)F. The van der Waals surface area contributed by atoms with E-state index in [-0.39, 0.29) is 5.57 Å². The lowest BCUT2D eigenvalue weighted by atomic mass is 10.3. The maximum atomic E-state index is 12.1. The van der Waals surface area contributed by atoms with Crippen molar-refractivity contribution in [1.29, 1.82) is 0 Å². The number of rotatable bonds is 6. The van der Waals surface area contributed by atoms with Crippen LogP contribution in [0.3, 0.4) is 0 Å². The van der Waals surface area contributed by atoms with Gasteiger partial charge in [-0.15, -0.1) is 4.20 Å². The normalized spacial score (nSPS) is 16.5. The van der Waals surface area contributed by atoms with Crippen molar-refractivity contribution in [1.82, 2.24) is 0 Å². The minimum absolute atomic E-state index is 0.110. The van der Waals surface area contributed by atoms with E-state index in [0.717, 1.165) is 0 Å². The Morgan fingerprint density at radius 3 is 2.53 bits per heavy atom. The third-order valence-corrected chi connectivity index (χ3v) is 1.79. The van der Waals surface area contributed by atoms with Gasteiger partial charge in [0, 0.05) is 5.57 Å². The van der Waals surface area contributed by atoms with Crippen molar-refractivity contribution in [3.8, 4) is 0 Å². The Hall–Kier alpha value is -0.750. The molecule has 0 rings (SSSR count). The topological polar surface area (TPSA) is 93.1 Å². The maximum absolute atomic E-state index is 12.1. The van der Waals surface area contributed by atoms with Gasteiger partial charge in [-0.2, -0.15) is 0 Å². The molecule has 0 aliphatic carbocycles. The predicted octanol–water partition coefficient (Wildman–Crippen LogP) is 0.553. The van der Waals surface area contributed by atoms with E-state index in [2.05, 4.69) is 15.8 Å². The van der Waals surface area contributed by atoms with Crippen molar-refractivity contribution in [2.24, 2.45) is 0 Å². The lowest BCUT2D eigenvalue weighted by molar-refractivity contribution is -0.142. The van der Waals surface area contributed by atoms with Crippen molar-refractivity contribution in [3.63, 3.8) is 0 Å². The molecule has 0 aliphatic rings. The van der Waals surface area contributed by atoms with Crippen LogP contribution in [-0.2, 0) is 18.6 Å². The Morgan fingerprint density at radius 2 is 2.20 bits per heavy atom. The van der Waals surface area contributed by atoms with E-state index in [1.54, 1.807) is 0 Å². The van der Waals surface area contributed by atoms with E-state index in [0.29, 0.717) is 0 Å². The van der Waals surface area contributed by atoms with Crippen LogP contribution in [0.4, 0.5) is 4.20 Å². The quantitative estimate of drug-likeness (QED) is 0.401. The lowest BCUT2D eigenvalue weighted by Crippen LogP contribution is -2.24. The molecular weight excluding hydrogens is 230 g/mol. The summed E-state index contributed by atoms with van der Waals surface area (Å²) in [6.45, 7) is 3.39. The molecule has 0 aromatic heterocycles. The predicted molar refractivity (Wildman–Crippen MR) is 48.7 cm³/mol. The summed E-state index contributed by atoms with van der Waals surface area (Å²) in [5, 5.41) is 8.60. The maximum Gasteiger partial charge on any atom is 0.510 e. The number of carbonyl (C=O) groups excluding carboxylic acids is 1. The van der Waals surface area contributed by atoms with Crippen LogP contribution in [0.1, 0.15) is 6.92 Å². The number of esters is 1. The number of halogens is 1. The van der Waals surface area contributed by atoms with Crippen LogP contribution in [0.15, 0.2) is 12.2 Å². The van der Waals surface area contributed by atoms with Crippen LogP contribution in [-0.4, -0.2) is 35.3 Å². The average Bonchev–Trinajstić information content (AvgIpc) is 2.09. The summed E-state index contributed by atoms with van der Waals surface area (Å²) < 4.78 is 30.7. The molecule has 0 amide bonds. The number of aliphatic hydroxyl groups is 1.